The van der Waals surface area contributed by atoms with Gasteiger partial charge in [0, 0.05) is 44.2 Å². The molecule has 2 fully saturated rings. The Bertz CT molecular complexity index is 900. The normalized spacial score (nSPS) is 26.2. The molecule has 2 aromatic rings. The molecule has 3 aliphatic heterocycles. The van der Waals surface area contributed by atoms with E-state index >= 15 is 0 Å². The first-order valence-corrected chi connectivity index (χ1v) is 10.0. The Morgan fingerprint density at radius 3 is 2.62 bits per heavy atom. The molecular formula is C21H27N3O5. The van der Waals surface area contributed by atoms with E-state index in [0.29, 0.717) is 17.4 Å². The number of ether oxygens (including phenoxy) is 3. The molecule has 2 saturated heterocycles. The van der Waals surface area contributed by atoms with Crippen molar-refractivity contribution in [2.45, 2.75) is 20.0 Å². The second-order valence-corrected chi connectivity index (χ2v) is 8.52. The number of rotatable bonds is 6. The van der Waals surface area contributed by atoms with Crippen LogP contribution in [-0.4, -0.2) is 66.8 Å². The average Bonchev–Trinajstić information content (AvgIpc) is 3.45. The molecule has 8 nitrogen and oxygen atoms in total. The summed E-state index contributed by atoms with van der Waals surface area (Å²) in [6, 6.07) is 6.04. The molecule has 29 heavy (non-hydrogen) atoms. The fourth-order valence-corrected chi connectivity index (χ4v) is 5.11. The largest absolute Gasteiger partial charge is 0.493 e. The molecule has 0 spiro atoms. The third kappa shape index (κ3) is 3.35. The van der Waals surface area contributed by atoms with Gasteiger partial charge in [-0.15, -0.1) is 0 Å². The Morgan fingerprint density at radius 2 is 1.97 bits per heavy atom. The van der Waals surface area contributed by atoms with Gasteiger partial charge in [-0.2, -0.15) is 0 Å². The Morgan fingerprint density at radius 1 is 1.17 bits per heavy atom. The maximum atomic E-state index is 10.3. The lowest BCUT2D eigenvalue weighted by Crippen LogP contribution is -2.36. The van der Waals surface area contributed by atoms with Gasteiger partial charge >= 0.3 is 0 Å². The molecule has 0 bridgehead atoms. The lowest BCUT2D eigenvalue weighted by atomic mass is 9.82. The van der Waals surface area contributed by atoms with E-state index in [9.17, 15) is 5.11 Å². The van der Waals surface area contributed by atoms with E-state index in [1.807, 2.05) is 25.1 Å². The number of aliphatic hydroxyl groups is 1. The van der Waals surface area contributed by atoms with Gasteiger partial charge in [-0.05, 0) is 30.5 Å². The molecule has 0 saturated carbocycles. The second-order valence-electron chi connectivity index (χ2n) is 8.52. The third-order valence-corrected chi connectivity index (χ3v) is 6.40. The highest BCUT2D eigenvalue weighted by Crippen LogP contribution is 2.45. The molecule has 2 atom stereocenters. The van der Waals surface area contributed by atoms with E-state index in [1.54, 1.807) is 7.11 Å². The molecule has 8 heteroatoms. The number of nitrogens with zero attached hydrogens (tertiary/aromatic N) is 3. The van der Waals surface area contributed by atoms with Gasteiger partial charge in [0.1, 0.15) is 0 Å². The Hall–Kier alpha value is -2.29. The predicted octanol–water partition coefficient (Wildman–Crippen LogP) is 1.65. The Labute approximate surface area is 169 Å². The summed E-state index contributed by atoms with van der Waals surface area (Å²) < 4.78 is 21.9. The van der Waals surface area contributed by atoms with Crippen LogP contribution >= 0.6 is 0 Å². The van der Waals surface area contributed by atoms with Crippen LogP contribution < -0.4 is 14.2 Å². The molecule has 0 radical (unpaired) electrons. The minimum atomic E-state index is -0.0878. The molecule has 4 heterocycles. The van der Waals surface area contributed by atoms with E-state index < -0.39 is 0 Å². The summed E-state index contributed by atoms with van der Waals surface area (Å²) in [5.74, 6) is 3.45. The molecule has 0 amide bonds. The summed E-state index contributed by atoms with van der Waals surface area (Å²) in [6.45, 7) is 7.57. The van der Waals surface area contributed by atoms with Gasteiger partial charge in [-0.25, -0.2) is 0 Å². The number of hydrogen-bond acceptors (Lipinski definition) is 8. The van der Waals surface area contributed by atoms with Crippen LogP contribution in [0.15, 0.2) is 22.7 Å². The number of benzene rings is 1. The second kappa shape index (κ2) is 7.19. The van der Waals surface area contributed by atoms with Crippen molar-refractivity contribution in [3.05, 3.63) is 35.2 Å². The van der Waals surface area contributed by atoms with Crippen molar-refractivity contribution in [1.29, 1.82) is 0 Å². The summed E-state index contributed by atoms with van der Waals surface area (Å²) >= 11 is 0. The van der Waals surface area contributed by atoms with E-state index in [0.717, 1.165) is 62.0 Å². The third-order valence-electron chi connectivity index (χ3n) is 6.40. The van der Waals surface area contributed by atoms with Gasteiger partial charge in [0.15, 0.2) is 17.3 Å². The van der Waals surface area contributed by atoms with Crippen molar-refractivity contribution in [2.75, 3.05) is 46.7 Å². The number of fused-ring (bicyclic) bond motifs is 2. The van der Waals surface area contributed by atoms with Crippen molar-refractivity contribution < 1.29 is 23.8 Å². The molecule has 5 rings (SSSR count). The maximum Gasteiger partial charge on any atom is 0.231 e. The first kappa shape index (κ1) is 18.7. The predicted molar refractivity (Wildman–Crippen MR) is 104 cm³/mol. The first-order chi connectivity index (χ1) is 14.1. The van der Waals surface area contributed by atoms with Crippen LogP contribution in [0.4, 0.5) is 0 Å². The summed E-state index contributed by atoms with van der Waals surface area (Å²) in [6.07, 6.45) is 0. The number of hydrogen-bond donors (Lipinski definition) is 1. The van der Waals surface area contributed by atoms with Crippen LogP contribution in [-0.2, 0) is 13.1 Å². The van der Waals surface area contributed by atoms with Crippen molar-refractivity contribution in [1.82, 2.24) is 15.0 Å². The van der Waals surface area contributed by atoms with Crippen LogP contribution in [0.25, 0.3) is 0 Å². The molecule has 0 aliphatic carbocycles. The highest BCUT2D eigenvalue weighted by molar-refractivity contribution is 5.55. The van der Waals surface area contributed by atoms with Crippen LogP contribution in [0.1, 0.15) is 17.0 Å². The zero-order valence-electron chi connectivity index (χ0n) is 16.9. The van der Waals surface area contributed by atoms with Gasteiger partial charge in [0.05, 0.1) is 26.0 Å². The number of aromatic nitrogens is 1. The van der Waals surface area contributed by atoms with Crippen molar-refractivity contribution in [3.63, 3.8) is 0 Å². The lowest BCUT2D eigenvalue weighted by Gasteiger charge is -2.27. The highest BCUT2D eigenvalue weighted by Gasteiger charge is 2.52. The summed E-state index contributed by atoms with van der Waals surface area (Å²) in [5, 5.41) is 14.2. The quantitative estimate of drug-likeness (QED) is 0.783. The van der Waals surface area contributed by atoms with Gasteiger partial charge in [0.2, 0.25) is 12.5 Å². The lowest BCUT2D eigenvalue weighted by molar-refractivity contribution is 0.109. The molecule has 1 aromatic heterocycles. The van der Waals surface area contributed by atoms with Gasteiger partial charge in [-0.3, -0.25) is 9.80 Å². The minimum absolute atomic E-state index is 0.0878. The topological polar surface area (TPSA) is 80.4 Å². The fourth-order valence-electron chi connectivity index (χ4n) is 5.11. The molecule has 3 aliphatic rings. The van der Waals surface area contributed by atoms with Gasteiger partial charge in [0.25, 0.3) is 0 Å². The summed E-state index contributed by atoms with van der Waals surface area (Å²) in [5.41, 5.74) is 1.95. The molecule has 156 valence electrons. The van der Waals surface area contributed by atoms with Crippen LogP contribution in [0.5, 0.6) is 17.2 Å². The standard InChI is InChI=1S/C21H27N3O5/c1-14-3-17(29-22-14)9-24-8-16-7-23(10-21(16,11-24)12-25)6-15-4-18(26-2)20-19(5-15)27-13-28-20/h3-5,16,25H,6-13H2,1-2H3. The van der Waals surface area contributed by atoms with Crippen molar-refractivity contribution in [2.24, 2.45) is 11.3 Å². The molecule has 2 unspecified atom stereocenters. The first-order valence-electron chi connectivity index (χ1n) is 10.0. The van der Waals surface area contributed by atoms with Crippen molar-refractivity contribution >= 4 is 0 Å². The number of likely N-dealkylation sites (tertiary alicyclic amines) is 2. The van der Waals surface area contributed by atoms with Crippen LogP contribution in [0.3, 0.4) is 0 Å². The Balaban J connectivity index is 1.27. The molecule has 1 N–H and O–H groups in total. The average molecular weight is 401 g/mol. The smallest absolute Gasteiger partial charge is 0.231 e. The zero-order valence-corrected chi connectivity index (χ0v) is 16.9. The van der Waals surface area contributed by atoms with Crippen LogP contribution in [0.2, 0.25) is 0 Å². The number of aryl methyl sites for hydroxylation is 1. The minimum Gasteiger partial charge on any atom is -0.493 e. The zero-order chi connectivity index (χ0) is 20.0. The number of aliphatic hydroxyl groups excluding tert-OH is 1. The highest BCUT2D eigenvalue weighted by atomic mass is 16.7. The fraction of sp³-hybridized carbons (Fsp3) is 0.571. The monoisotopic (exact) mass is 401 g/mol. The van der Waals surface area contributed by atoms with Gasteiger partial charge < -0.3 is 23.8 Å². The van der Waals surface area contributed by atoms with Crippen LogP contribution in [0, 0.1) is 18.3 Å². The summed E-state index contributed by atoms with van der Waals surface area (Å²) in [7, 11) is 1.65. The van der Waals surface area contributed by atoms with E-state index in [4.69, 9.17) is 18.7 Å². The van der Waals surface area contributed by atoms with E-state index in [-0.39, 0.29) is 18.8 Å². The SMILES string of the molecule is COc1cc(CN2CC3CN(Cc4cc(C)no4)CC3(CO)C2)cc2c1OCO2. The Kier molecular flexibility index (Phi) is 4.64. The van der Waals surface area contributed by atoms with Crippen molar-refractivity contribution in [3.8, 4) is 17.2 Å². The number of methoxy groups -OCH3 is 1. The maximum absolute atomic E-state index is 10.3. The molecular weight excluding hydrogens is 374 g/mol. The van der Waals surface area contributed by atoms with E-state index in [1.165, 1.54) is 0 Å². The summed E-state index contributed by atoms with van der Waals surface area (Å²) in [4.78, 5) is 4.80. The van der Waals surface area contributed by atoms with E-state index in [2.05, 4.69) is 15.0 Å². The van der Waals surface area contributed by atoms with Gasteiger partial charge in [-0.1, -0.05) is 5.16 Å². The molecule has 1 aromatic carbocycles.